The topological polar surface area (TPSA) is 142 Å². The van der Waals surface area contributed by atoms with Gasteiger partial charge in [-0.3, -0.25) is 24.0 Å². The van der Waals surface area contributed by atoms with Crippen LogP contribution in [0.4, 0.5) is 0 Å². The van der Waals surface area contributed by atoms with Crippen molar-refractivity contribution in [2.24, 2.45) is 11.8 Å². The number of carboxylic acids is 1. The molecule has 1 N–H and O–H groups in total. The van der Waals surface area contributed by atoms with Crippen molar-refractivity contribution in [1.82, 2.24) is 0 Å². The Balaban J connectivity index is 1.61. The van der Waals surface area contributed by atoms with Crippen LogP contribution in [0.3, 0.4) is 0 Å². The van der Waals surface area contributed by atoms with Crippen molar-refractivity contribution < 1.29 is 48.0 Å². The van der Waals surface area contributed by atoms with E-state index in [1.165, 1.54) is 6.92 Å². The third-order valence-corrected chi connectivity index (χ3v) is 5.39. The highest BCUT2D eigenvalue weighted by atomic mass is 16.6. The highest BCUT2D eigenvalue weighted by Gasteiger charge is 2.30. The van der Waals surface area contributed by atoms with Gasteiger partial charge in [-0.15, -0.1) is 0 Å². The number of carbonyl (C=O) groups is 5. The monoisotopic (exact) mass is 478 g/mol. The van der Waals surface area contributed by atoms with Crippen LogP contribution in [-0.4, -0.2) is 54.8 Å². The van der Waals surface area contributed by atoms with E-state index in [0.717, 1.165) is 5.56 Å². The maximum absolute atomic E-state index is 12.3. The second kappa shape index (κ2) is 14.0. The average molecular weight is 478 g/mol. The lowest BCUT2D eigenvalue weighted by Crippen LogP contribution is -2.28. The fourth-order valence-corrected chi connectivity index (χ4v) is 3.47. The third-order valence-electron chi connectivity index (χ3n) is 5.39. The first-order valence-corrected chi connectivity index (χ1v) is 11.2. The minimum atomic E-state index is -0.816. The van der Waals surface area contributed by atoms with Crippen molar-refractivity contribution in [3.8, 4) is 5.75 Å². The van der Waals surface area contributed by atoms with Crippen molar-refractivity contribution in [3.63, 3.8) is 0 Å². The van der Waals surface area contributed by atoms with Gasteiger partial charge in [0.15, 0.2) is 0 Å². The molecule has 10 heteroatoms. The summed E-state index contributed by atoms with van der Waals surface area (Å²) in [5, 5.41) is 9.04. The minimum absolute atomic E-state index is 0.0305. The van der Waals surface area contributed by atoms with Crippen LogP contribution in [0.5, 0.6) is 5.75 Å². The summed E-state index contributed by atoms with van der Waals surface area (Å²) >= 11 is 0. The lowest BCUT2D eigenvalue weighted by Gasteiger charge is -2.24. The van der Waals surface area contributed by atoms with Crippen LogP contribution in [0.2, 0.25) is 0 Å². The smallest absolute Gasteiger partial charge is 0.314 e. The maximum atomic E-state index is 12.3. The molecule has 0 atom stereocenters. The summed E-state index contributed by atoms with van der Waals surface area (Å²) in [4.78, 5) is 57.2. The summed E-state index contributed by atoms with van der Waals surface area (Å²) in [5.74, 6) is -3.01. The van der Waals surface area contributed by atoms with E-state index < -0.39 is 23.9 Å². The van der Waals surface area contributed by atoms with Gasteiger partial charge in [-0.25, -0.2) is 0 Å². The van der Waals surface area contributed by atoms with Crippen LogP contribution in [0.15, 0.2) is 24.3 Å². The third kappa shape index (κ3) is 10.0. The molecule has 0 heterocycles. The molecule has 10 nitrogen and oxygen atoms in total. The van der Waals surface area contributed by atoms with E-state index in [4.69, 9.17) is 19.3 Å². The van der Waals surface area contributed by atoms with Crippen molar-refractivity contribution >= 4 is 29.8 Å². The summed E-state index contributed by atoms with van der Waals surface area (Å²) in [6.07, 6.45) is 2.17. The van der Waals surface area contributed by atoms with E-state index in [2.05, 4.69) is 4.74 Å². The second-order valence-corrected chi connectivity index (χ2v) is 7.98. The fraction of sp³-hybridized carbons (Fsp3) is 0.542. The molecule has 1 aromatic rings. The van der Waals surface area contributed by atoms with Gasteiger partial charge in [0.05, 0.1) is 31.3 Å². The Hall–Kier alpha value is -3.43. The molecule has 0 bridgehead atoms. The zero-order valence-corrected chi connectivity index (χ0v) is 19.2. The summed E-state index contributed by atoms with van der Waals surface area (Å²) in [7, 11) is 0. The molecule has 0 amide bonds. The Morgan fingerprint density at radius 1 is 0.794 bits per heavy atom. The summed E-state index contributed by atoms with van der Waals surface area (Å²) < 4.78 is 20.0. The lowest BCUT2D eigenvalue weighted by atomic mass is 9.82. The number of rotatable bonds is 12. The molecular weight excluding hydrogens is 448 g/mol. The van der Waals surface area contributed by atoms with Crippen LogP contribution in [0.25, 0.3) is 0 Å². The number of ether oxygens (including phenoxy) is 4. The van der Waals surface area contributed by atoms with E-state index in [9.17, 15) is 24.0 Å². The van der Waals surface area contributed by atoms with E-state index in [1.54, 1.807) is 24.3 Å². The lowest BCUT2D eigenvalue weighted by molar-refractivity contribution is -0.153. The molecule has 1 saturated carbocycles. The van der Waals surface area contributed by atoms with Crippen molar-refractivity contribution in [2.45, 2.75) is 51.9 Å². The van der Waals surface area contributed by atoms with Gasteiger partial charge in [-0.1, -0.05) is 12.1 Å². The SMILES string of the molecule is CC(=O)OCCOC(=O)CCC(=O)OCCc1ccc(OC(=O)C2CCC(C(=O)O)CC2)cc1. The molecule has 2 rings (SSSR count). The first-order valence-electron chi connectivity index (χ1n) is 11.2. The Kier molecular flexibility index (Phi) is 11.0. The van der Waals surface area contributed by atoms with Crippen molar-refractivity contribution in [1.29, 1.82) is 0 Å². The van der Waals surface area contributed by atoms with Gasteiger partial charge in [-0.05, 0) is 43.4 Å². The molecule has 34 heavy (non-hydrogen) atoms. The number of esters is 4. The highest BCUT2D eigenvalue weighted by Crippen LogP contribution is 2.30. The van der Waals surface area contributed by atoms with Gasteiger partial charge < -0.3 is 24.1 Å². The number of carboxylic acid groups (broad SMARTS) is 1. The molecule has 0 aromatic heterocycles. The standard InChI is InChI=1S/C24H30O10/c1-16(25)31-14-15-33-22(27)11-10-21(26)32-13-12-17-2-8-20(9-3-17)34-24(30)19-6-4-18(5-7-19)23(28)29/h2-3,8-9,18-19H,4-7,10-15H2,1H3,(H,28,29). The van der Waals surface area contributed by atoms with Crippen LogP contribution in [0, 0.1) is 11.8 Å². The Morgan fingerprint density at radius 2 is 1.32 bits per heavy atom. The number of hydrogen-bond acceptors (Lipinski definition) is 9. The minimum Gasteiger partial charge on any atom is -0.481 e. The summed E-state index contributed by atoms with van der Waals surface area (Å²) in [6, 6.07) is 6.84. The number of aliphatic carboxylic acids is 1. The zero-order chi connectivity index (χ0) is 24.9. The van der Waals surface area contributed by atoms with E-state index in [-0.39, 0.29) is 50.5 Å². The second-order valence-electron chi connectivity index (χ2n) is 7.98. The average Bonchev–Trinajstić information content (AvgIpc) is 2.81. The number of hydrogen-bond donors (Lipinski definition) is 1. The first-order chi connectivity index (χ1) is 16.2. The van der Waals surface area contributed by atoms with Crippen LogP contribution in [-0.2, 0) is 44.6 Å². The van der Waals surface area contributed by atoms with E-state index >= 15 is 0 Å². The number of benzene rings is 1. The maximum Gasteiger partial charge on any atom is 0.314 e. The highest BCUT2D eigenvalue weighted by molar-refractivity contribution is 5.78. The zero-order valence-electron chi connectivity index (χ0n) is 19.2. The van der Waals surface area contributed by atoms with Gasteiger partial charge in [0.2, 0.25) is 0 Å². The summed E-state index contributed by atoms with van der Waals surface area (Å²) in [5.41, 5.74) is 0.874. The molecule has 186 valence electrons. The normalized spacial score (nSPS) is 17.3. The Labute approximate surface area is 197 Å². The Morgan fingerprint density at radius 3 is 1.88 bits per heavy atom. The van der Waals surface area contributed by atoms with Crippen LogP contribution in [0.1, 0.15) is 51.0 Å². The molecule has 0 spiro atoms. The number of carbonyl (C=O) groups excluding carboxylic acids is 4. The van der Waals surface area contributed by atoms with Gasteiger partial charge in [0, 0.05) is 13.3 Å². The van der Waals surface area contributed by atoms with E-state index in [1.807, 2.05) is 0 Å². The van der Waals surface area contributed by atoms with Gasteiger partial charge in [0.1, 0.15) is 19.0 Å². The quantitative estimate of drug-likeness (QED) is 0.206. The molecule has 1 aliphatic rings. The molecule has 1 aromatic carbocycles. The predicted molar refractivity (Wildman–Crippen MR) is 117 cm³/mol. The van der Waals surface area contributed by atoms with Gasteiger partial charge >= 0.3 is 29.8 Å². The van der Waals surface area contributed by atoms with Crippen LogP contribution >= 0.6 is 0 Å². The van der Waals surface area contributed by atoms with Crippen molar-refractivity contribution in [2.75, 3.05) is 19.8 Å². The van der Waals surface area contributed by atoms with Gasteiger partial charge in [0.25, 0.3) is 0 Å². The van der Waals surface area contributed by atoms with E-state index in [0.29, 0.717) is 37.9 Å². The molecule has 0 aliphatic heterocycles. The fourth-order valence-electron chi connectivity index (χ4n) is 3.47. The molecule has 1 aliphatic carbocycles. The largest absolute Gasteiger partial charge is 0.481 e. The Bertz CT molecular complexity index is 853. The molecule has 0 unspecified atom stereocenters. The van der Waals surface area contributed by atoms with Crippen LogP contribution < -0.4 is 4.74 Å². The predicted octanol–water partition coefficient (Wildman–Crippen LogP) is 2.46. The summed E-state index contributed by atoms with van der Waals surface area (Å²) in [6.45, 7) is 1.29. The van der Waals surface area contributed by atoms with Gasteiger partial charge in [-0.2, -0.15) is 0 Å². The molecule has 0 saturated heterocycles. The first kappa shape index (κ1) is 26.8. The van der Waals surface area contributed by atoms with Crippen molar-refractivity contribution in [3.05, 3.63) is 29.8 Å². The molecule has 0 radical (unpaired) electrons. The molecular formula is C24H30O10. The molecule has 1 fully saturated rings.